The van der Waals surface area contributed by atoms with Crippen LogP contribution in [-0.4, -0.2) is 50.5 Å². The predicted molar refractivity (Wildman–Crippen MR) is 157 cm³/mol. The van der Waals surface area contributed by atoms with Crippen LogP contribution in [0.2, 0.25) is 5.02 Å². The smallest absolute Gasteiger partial charge is 0.355 e. The van der Waals surface area contributed by atoms with Gasteiger partial charge in [-0.1, -0.05) is 60.1 Å². The zero-order valence-electron chi connectivity index (χ0n) is 23.3. The van der Waals surface area contributed by atoms with Crippen molar-refractivity contribution in [3.8, 4) is 0 Å². The van der Waals surface area contributed by atoms with E-state index in [2.05, 4.69) is 5.32 Å². The monoisotopic (exact) mass is 623 g/mol. The first-order valence-electron chi connectivity index (χ1n) is 13.3. The molecule has 0 unspecified atom stereocenters. The topological polar surface area (TPSA) is 86.8 Å². The van der Waals surface area contributed by atoms with Gasteiger partial charge in [-0.15, -0.1) is 0 Å². The first kappa shape index (κ1) is 32.9. The SMILES string of the molecule is CCNC(=O)[C@H](Cc1ccccc1)N(Cc1cccc(Cl)c1)C(=O)CCCN(c1cccc(C(F)(F)F)c1)S(C)(=O)=O. The molecule has 0 spiro atoms. The van der Waals surface area contributed by atoms with E-state index in [-0.39, 0.29) is 43.9 Å². The number of nitrogens with one attached hydrogen (secondary N) is 1. The zero-order chi connectivity index (χ0) is 30.9. The molecule has 0 fully saturated rings. The number of anilines is 1. The molecule has 226 valence electrons. The zero-order valence-corrected chi connectivity index (χ0v) is 24.8. The molecule has 3 aromatic rings. The van der Waals surface area contributed by atoms with E-state index in [1.807, 2.05) is 30.3 Å². The van der Waals surface area contributed by atoms with E-state index in [0.717, 1.165) is 34.3 Å². The van der Waals surface area contributed by atoms with Crippen molar-refractivity contribution in [2.45, 2.75) is 44.9 Å². The van der Waals surface area contributed by atoms with Crippen LogP contribution in [0.4, 0.5) is 18.9 Å². The third-order valence-corrected chi connectivity index (χ3v) is 7.91. The van der Waals surface area contributed by atoms with E-state index in [0.29, 0.717) is 17.1 Å². The number of amides is 2. The molecule has 0 saturated carbocycles. The van der Waals surface area contributed by atoms with Crippen molar-refractivity contribution in [1.82, 2.24) is 10.2 Å². The number of sulfonamides is 1. The van der Waals surface area contributed by atoms with E-state index < -0.39 is 33.7 Å². The van der Waals surface area contributed by atoms with Crippen LogP contribution in [0.15, 0.2) is 78.9 Å². The number of hydrogen-bond acceptors (Lipinski definition) is 4. The number of carbonyl (C=O) groups is 2. The normalized spacial score (nSPS) is 12.4. The lowest BCUT2D eigenvalue weighted by molar-refractivity contribution is -0.141. The van der Waals surface area contributed by atoms with Crippen LogP contribution in [0, 0.1) is 0 Å². The molecule has 7 nitrogen and oxygen atoms in total. The van der Waals surface area contributed by atoms with E-state index in [4.69, 9.17) is 11.6 Å². The van der Waals surface area contributed by atoms with Gasteiger partial charge in [-0.2, -0.15) is 13.2 Å². The van der Waals surface area contributed by atoms with Crippen LogP contribution in [0.25, 0.3) is 0 Å². The van der Waals surface area contributed by atoms with Gasteiger partial charge >= 0.3 is 6.18 Å². The standard InChI is InChI=1S/C30H33ClF3N3O4S/c1-3-35-29(39)27(19-22-10-5-4-6-11-22)36(21-23-12-7-14-25(31)18-23)28(38)16-9-17-37(42(2,40)41)26-15-8-13-24(20-26)30(32,33)34/h4-8,10-15,18,20,27H,3,9,16-17,19,21H2,1-2H3,(H,35,39)/t27-/m0/s1. The molecule has 0 radical (unpaired) electrons. The number of nitrogens with zero attached hydrogens (tertiary/aromatic N) is 2. The Hall–Kier alpha value is -3.57. The van der Waals surface area contributed by atoms with Crippen LogP contribution in [-0.2, 0) is 38.8 Å². The van der Waals surface area contributed by atoms with Crippen molar-refractivity contribution in [2.24, 2.45) is 0 Å². The second-order valence-electron chi connectivity index (χ2n) is 9.74. The highest BCUT2D eigenvalue weighted by atomic mass is 35.5. The Labute approximate surface area is 249 Å². The highest BCUT2D eigenvalue weighted by molar-refractivity contribution is 7.92. The van der Waals surface area contributed by atoms with Crippen molar-refractivity contribution in [3.63, 3.8) is 0 Å². The van der Waals surface area contributed by atoms with Crippen molar-refractivity contribution < 1.29 is 31.2 Å². The molecule has 2 amide bonds. The van der Waals surface area contributed by atoms with Crippen LogP contribution in [0.3, 0.4) is 0 Å². The fourth-order valence-corrected chi connectivity index (χ4v) is 5.69. The van der Waals surface area contributed by atoms with Crippen molar-refractivity contribution >= 4 is 39.1 Å². The number of likely N-dealkylation sites (N-methyl/N-ethyl adjacent to an activating group) is 1. The van der Waals surface area contributed by atoms with Gasteiger partial charge in [0.2, 0.25) is 21.8 Å². The lowest BCUT2D eigenvalue weighted by Crippen LogP contribution is -2.50. The Morgan fingerprint density at radius 1 is 0.952 bits per heavy atom. The lowest BCUT2D eigenvalue weighted by Gasteiger charge is -2.32. The third kappa shape index (κ3) is 9.49. The van der Waals surface area contributed by atoms with Crippen LogP contribution in [0.5, 0.6) is 0 Å². The summed E-state index contributed by atoms with van der Waals surface area (Å²) < 4.78 is 65.7. The largest absolute Gasteiger partial charge is 0.416 e. The maximum Gasteiger partial charge on any atom is 0.416 e. The molecule has 0 saturated heterocycles. The van der Waals surface area contributed by atoms with Crippen molar-refractivity contribution in [3.05, 3.63) is 101 Å². The minimum Gasteiger partial charge on any atom is -0.355 e. The van der Waals surface area contributed by atoms with Crippen LogP contribution >= 0.6 is 11.6 Å². The number of alkyl halides is 3. The second-order valence-corrected chi connectivity index (χ2v) is 12.1. The summed E-state index contributed by atoms with van der Waals surface area (Å²) in [5.74, 6) is -0.766. The summed E-state index contributed by atoms with van der Waals surface area (Å²) in [4.78, 5) is 28.4. The Morgan fingerprint density at radius 3 is 2.24 bits per heavy atom. The average Bonchev–Trinajstić information content (AvgIpc) is 2.92. The number of benzene rings is 3. The summed E-state index contributed by atoms with van der Waals surface area (Å²) in [6.07, 6.45) is -3.68. The number of halogens is 4. The molecular weight excluding hydrogens is 591 g/mol. The van der Waals surface area contributed by atoms with Gasteiger partial charge in [-0.05, 0) is 54.8 Å². The molecule has 0 aromatic heterocycles. The summed E-state index contributed by atoms with van der Waals surface area (Å²) in [6.45, 7) is 1.95. The molecule has 12 heteroatoms. The van der Waals surface area contributed by atoms with Crippen LogP contribution in [0.1, 0.15) is 36.5 Å². The van der Waals surface area contributed by atoms with Crippen LogP contribution < -0.4 is 9.62 Å². The molecular formula is C30H33ClF3N3O4S. The molecule has 0 aliphatic rings. The van der Waals surface area contributed by atoms with Gasteiger partial charge in [0.1, 0.15) is 6.04 Å². The first-order chi connectivity index (χ1) is 19.8. The van der Waals surface area contributed by atoms with E-state index >= 15 is 0 Å². The maximum absolute atomic E-state index is 13.7. The van der Waals surface area contributed by atoms with E-state index in [1.54, 1.807) is 31.2 Å². The van der Waals surface area contributed by atoms with Gasteiger partial charge in [0.05, 0.1) is 17.5 Å². The van der Waals surface area contributed by atoms with E-state index in [9.17, 15) is 31.2 Å². The Kier molecular flexibility index (Phi) is 11.4. The summed E-state index contributed by atoms with van der Waals surface area (Å²) in [5.41, 5.74) is 0.397. The fourth-order valence-electron chi connectivity index (χ4n) is 4.52. The molecule has 1 N–H and O–H groups in total. The number of rotatable bonds is 13. The molecule has 1 atom stereocenters. The average molecular weight is 624 g/mol. The highest BCUT2D eigenvalue weighted by Crippen LogP contribution is 2.32. The highest BCUT2D eigenvalue weighted by Gasteiger charge is 2.32. The Balaban J connectivity index is 1.88. The summed E-state index contributed by atoms with van der Waals surface area (Å²) in [6, 6.07) is 19.3. The van der Waals surface area contributed by atoms with Gasteiger partial charge in [-0.25, -0.2) is 8.42 Å². The molecule has 0 aliphatic carbocycles. The Morgan fingerprint density at radius 2 is 1.62 bits per heavy atom. The summed E-state index contributed by atoms with van der Waals surface area (Å²) in [7, 11) is -3.97. The summed E-state index contributed by atoms with van der Waals surface area (Å²) in [5, 5.41) is 3.25. The molecule has 0 heterocycles. The molecule has 0 aliphatic heterocycles. The maximum atomic E-state index is 13.7. The fraction of sp³-hybridized carbons (Fsp3) is 0.333. The minimum atomic E-state index is -4.65. The quantitative estimate of drug-likeness (QED) is 0.265. The molecule has 3 aromatic carbocycles. The van der Waals surface area contributed by atoms with Gasteiger partial charge in [-0.3, -0.25) is 13.9 Å². The third-order valence-electron chi connectivity index (χ3n) is 6.48. The van der Waals surface area contributed by atoms with Crippen molar-refractivity contribution in [1.29, 1.82) is 0 Å². The van der Waals surface area contributed by atoms with E-state index in [1.165, 1.54) is 11.0 Å². The Bertz CT molecular complexity index is 1470. The van der Waals surface area contributed by atoms with Gasteiger partial charge in [0.15, 0.2) is 0 Å². The summed E-state index contributed by atoms with van der Waals surface area (Å²) >= 11 is 6.17. The first-order valence-corrected chi connectivity index (χ1v) is 15.5. The van der Waals surface area contributed by atoms with Gasteiger partial charge in [0.25, 0.3) is 0 Å². The minimum absolute atomic E-state index is 0.00164. The van der Waals surface area contributed by atoms with Crippen molar-refractivity contribution in [2.75, 3.05) is 23.7 Å². The number of hydrogen-bond donors (Lipinski definition) is 1. The van der Waals surface area contributed by atoms with Gasteiger partial charge in [0, 0.05) is 37.5 Å². The second kappa shape index (κ2) is 14.6. The predicted octanol–water partition coefficient (Wildman–Crippen LogP) is 5.68. The van der Waals surface area contributed by atoms with Gasteiger partial charge < -0.3 is 10.2 Å². The lowest BCUT2D eigenvalue weighted by atomic mass is 10.0. The molecule has 3 rings (SSSR count). The number of carbonyl (C=O) groups excluding carboxylic acids is 2. The molecule has 42 heavy (non-hydrogen) atoms. The molecule has 0 bridgehead atoms.